The number of anilines is 1. The molecule has 10 heteroatoms. The molecule has 0 aromatic heterocycles. The number of amides is 2. The molecule has 1 aromatic carbocycles. The highest BCUT2D eigenvalue weighted by Gasteiger charge is 2.48. The van der Waals surface area contributed by atoms with Gasteiger partial charge in [0.15, 0.2) is 14.1 Å². The van der Waals surface area contributed by atoms with E-state index in [-0.39, 0.29) is 28.2 Å². The lowest BCUT2D eigenvalue weighted by molar-refractivity contribution is 0.0738. The molecule has 236 valence electrons. The van der Waals surface area contributed by atoms with Crippen LogP contribution in [0.1, 0.15) is 91.9 Å². The quantitative estimate of drug-likeness (QED) is 0.227. The highest BCUT2D eigenvalue weighted by atomic mass is 28.4. The minimum absolute atomic E-state index is 0.0511. The van der Waals surface area contributed by atoms with Crippen LogP contribution in [0.5, 0.6) is 11.5 Å². The van der Waals surface area contributed by atoms with Crippen molar-refractivity contribution in [3.8, 4) is 11.5 Å². The number of ether oxygens (including phenoxy) is 1. The van der Waals surface area contributed by atoms with E-state index in [1.807, 2.05) is 6.20 Å². The molecule has 1 heterocycles. The monoisotopic (exact) mass is 618 g/mol. The summed E-state index contributed by atoms with van der Waals surface area (Å²) >= 11 is 0. The Morgan fingerprint density at radius 2 is 1.60 bits per heavy atom. The summed E-state index contributed by atoms with van der Waals surface area (Å²) < 4.78 is 19.3. The molecule has 1 unspecified atom stereocenters. The van der Waals surface area contributed by atoms with Crippen LogP contribution < -0.4 is 14.5 Å². The van der Waals surface area contributed by atoms with Crippen LogP contribution in [0.4, 0.5) is 10.5 Å². The van der Waals surface area contributed by atoms with E-state index in [1.165, 1.54) is 5.57 Å². The second-order valence-corrected chi connectivity index (χ2v) is 24.7. The molecule has 0 spiro atoms. The summed E-state index contributed by atoms with van der Waals surface area (Å²) in [4.78, 5) is 28.0. The third-order valence-corrected chi connectivity index (χ3v) is 20.2. The molecule has 0 saturated heterocycles. The van der Waals surface area contributed by atoms with Crippen LogP contribution in [-0.2, 0) is 4.43 Å². The van der Waals surface area contributed by atoms with Crippen LogP contribution in [0.2, 0.25) is 34.8 Å². The maximum Gasteiger partial charge on any atom is 0.409 e. The Morgan fingerprint density at radius 3 is 2.05 bits per heavy atom. The van der Waals surface area contributed by atoms with Crippen molar-refractivity contribution in [1.29, 1.82) is 0 Å². The summed E-state index contributed by atoms with van der Waals surface area (Å²) in [6, 6.07) is 3.12. The molecule has 1 fully saturated rings. The van der Waals surface area contributed by atoms with E-state index in [0.29, 0.717) is 40.6 Å². The Kier molecular flexibility index (Phi) is 10.4. The molecule has 42 heavy (non-hydrogen) atoms. The highest BCUT2D eigenvalue weighted by Crippen LogP contribution is 2.47. The van der Waals surface area contributed by atoms with Crippen molar-refractivity contribution in [3.05, 3.63) is 29.5 Å². The zero-order valence-electron chi connectivity index (χ0n) is 27.9. The van der Waals surface area contributed by atoms with Crippen molar-refractivity contribution in [2.24, 2.45) is 5.92 Å². The fourth-order valence-electron chi connectivity index (χ4n) is 6.20. The zero-order valence-corrected chi connectivity index (χ0v) is 29.9. The van der Waals surface area contributed by atoms with E-state index in [1.54, 1.807) is 24.1 Å². The first-order valence-electron chi connectivity index (χ1n) is 15.4. The van der Waals surface area contributed by atoms with E-state index in [9.17, 15) is 14.7 Å². The standard InChI is InChI=1S/C32H54N2O6Si2/c1-20(2)42(21(3)4,22(5)6)40-29-17-27(33-31(36)37)26(16-28(29)38-10)30(35)34-18-24(23-13-14-23)15-25(34)19-39-41(11,12)32(7,8)9/h16-18,20-23,25,33H,13-15,19H2,1-12H3,(H,36,37). The first-order chi connectivity index (χ1) is 19.4. The Hall–Kier alpha value is -2.31. The summed E-state index contributed by atoms with van der Waals surface area (Å²) in [5.41, 5.74) is 2.61. The molecule has 2 aliphatic rings. The normalized spacial score (nSPS) is 18.1. The predicted molar refractivity (Wildman–Crippen MR) is 175 cm³/mol. The van der Waals surface area contributed by atoms with Crippen molar-refractivity contribution < 1.29 is 28.3 Å². The summed E-state index contributed by atoms with van der Waals surface area (Å²) in [6.45, 7) is 24.7. The smallest absolute Gasteiger partial charge is 0.409 e. The van der Waals surface area contributed by atoms with E-state index >= 15 is 0 Å². The van der Waals surface area contributed by atoms with Crippen LogP contribution in [0.25, 0.3) is 0 Å². The zero-order chi connectivity index (χ0) is 31.8. The molecule has 3 rings (SSSR count). The van der Waals surface area contributed by atoms with Crippen molar-refractivity contribution in [1.82, 2.24) is 4.90 Å². The fraction of sp³-hybridized carbons (Fsp3) is 0.688. The third-order valence-electron chi connectivity index (χ3n) is 9.72. The number of rotatable bonds is 12. The maximum absolute atomic E-state index is 14.3. The number of hydrogen-bond acceptors (Lipinski definition) is 5. The first kappa shape index (κ1) is 34.2. The van der Waals surface area contributed by atoms with Crippen molar-refractivity contribution in [3.63, 3.8) is 0 Å². The fourth-order valence-corrected chi connectivity index (χ4v) is 12.5. The molecule has 8 nitrogen and oxygen atoms in total. The van der Waals surface area contributed by atoms with Gasteiger partial charge in [-0.3, -0.25) is 10.1 Å². The van der Waals surface area contributed by atoms with Crippen LogP contribution in [0.3, 0.4) is 0 Å². The van der Waals surface area contributed by atoms with Gasteiger partial charge in [-0.05, 0) is 71.6 Å². The lowest BCUT2D eigenvalue weighted by Crippen LogP contribution is -2.50. The Labute approximate surface area is 255 Å². The van der Waals surface area contributed by atoms with Gasteiger partial charge in [-0.2, -0.15) is 0 Å². The topological polar surface area (TPSA) is 97.3 Å². The number of carbonyl (C=O) groups is 2. The molecular weight excluding hydrogens is 565 g/mol. The van der Waals surface area contributed by atoms with E-state index < -0.39 is 22.7 Å². The van der Waals surface area contributed by atoms with E-state index in [0.717, 1.165) is 19.3 Å². The van der Waals surface area contributed by atoms with Crippen LogP contribution in [-0.4, -0.2) is 58.4 Å². The molecule has 1 atom stereocenters. The van der Waals surface area contributed by atoms with Crippen LogP contribution in [0.15, 0.2) is 23.9 Å². The summed E-state index contributed by atoms with van der Waals surface area (Å²) in [5, 5.41) is 12.3. The van der Waals surface area contributed by atoms with E-state index in [2.05, 4.69) is 80.7 Å². The number of benzene rings is 1. The largest absolute Gasteiger partial charge is 0.540 e. The number of carboxylic acid groups (broad SMARTS) is 1. The Balaban J connectivity index is 2.06. The van der Waals surface area contributed by atoms with Crippen molar-refractivity contribution in [2.75, 3.05) is 19.0 Å². The van der Waals surface area contributed by atoms with Crippen LogP contribution >= 0.6 is 0 Å². The Morgan fingerprint density at radius 1 is 1.02 bits per heavy atom. The first-order valence-corrected chi connectivity index (χ1v) is 20.5. The van der Waals surface area contributed by atoms with Gasteiger partial charge in [0.1, 0.15) is 5.75 Å². The molecule has 1 saturated carbocycles. The molecule has 0 bridgehead atoms. The second-order valence-electron chi connectivity index (χ2n) is 14.5. The molecule has 1 aromatic rings. The lowest BCUT2D eigenvalue weighted by Gasteiger charge is -2.42. The molecule has 1 aliphatic carbocycles. The number of nitrogens with zero attached hydrogens (tertiary/aromatic N) is 1. The van der Waals surface area contributed by atoms with Crippen molar-refractivity contribution >= 4 is 34.3 Å². The molecule has 2 N–H and O–H groups in total. The van der Waals surface area contributed by atoms with Gasteiger partial charge in [0, 0.05) is 12.3 Å². The van der Waals surface area contributed by atoms with Gasteiger partial charge in [-0.1, -0.05) is 62.3 Å². The Bertz CT molecular complexity index is 1160. The number of carbonyl (C=O) groups excluding carboxylic acids is 1. The lowest BCUT2D eigenvalue weighted by atomic mass is 10.1. The average molecular weight is 619 g/mol. The van der Waals surface area contributed by atoms with Gasteiger partial charge in [0.05, 0.1) is 31.0 Å². The number of hydrogen-bond donors (Lipinski definition) is 2. The average Bonchev–Trinajstić information content (AvgIpc) is 3.63. The van der Waals surface area contributed by atoms with Crippen molar-refractivity contribution in [2.45, 2.75) is 122 Å². The van der Waals surface area contributed by atoms with Gasteiger partial charge < -0.3 is 23.6 Å². The highest BCUT2D eigenvalue weighted by molar-refractivity contribution is 6.78. The molecular formula is C32H54N2O6Si2. The van der Waals surface area contributed by atoms with Crippen LogP contribution in [0, 0.1) is 5.92 Å². The summed E-state index contributed by atoms with van der Waals surface area (Å²) in [5.74, 6) is 1.13. The number of methoxy groups -OCH3 is 1. The second kappa shape index (κ2) is 12.7. The maximum atomic E-state index is 14.3. The number of nitrogens with one attached hydrogen (secondary N) is 1. The summed E-state index contributed by atoms with van der Waals surface area (Å²) in [7, 11) is -2.87. The summed E-state index contributed by atoms with van der Waals surface area (Å²) in [6.07, 6.45) is 3.80. The predicted octanol–water partition coefficient (Wildman–Crippen LogP) is 8.87. The van der Waals surface area contributed by atoms with Gasteiger partial charge in [0.25, 0.3) is 14.2 Å². The molecule has 0 radical (unpaired) electrons. The van der Waals surface area contributed by atoms with E-state index in [4.69, 9.17) is 13.6 Å². The van der Waals surface area contributed by atoms with Gasteiger partial charge in [-0.15, -0.1) is 0 Å². The minimum atomic E-state index is -2.39. The van der Waals surface area contributed by atoms with Gasteiger partial charge >= 0.3 is 6.09 Å². The molecule has 2 amide bonds. The van der Waals surface area contributed by atoms with Gasteiger partial charge in [0.2, 0.25) is 0 Å². The molecule has 1 aliphatic heterocycles. The minimum Gasteiger partial charge on any atom is -0.540 e. The third kappa shape index (κ3) is 7.08. The van der Waals surface area contributed by atoms with Gasteiger partial charge in [-0.25, -0.2) is 4.79 Å². The SMILES string of the molecule is COc1cc(C(=O)N2C=C(C3CC3)CC2CO[Si](C)(C)C(C)(C)C)c(NC(=O)O)cc1O[Si](C(C)C)(C(C)C)C(C)C.